The number of rotatable bonds is 5. The molecule has 2 aromatic carbocycles. The average molecular weight is 379 g/mol. The molecule has 2 fully saturated rings. The van der Waals surface area contributed by atoms with Crippen molar-refractivity contribution in [3.63, 3.8) is 0 Å². The number of carbonyl (C=O) groups is 2. The molecule has 1 N–H and O–H groups in total. The molecule has 4 rings (SSSR count). The summed E-state index contributed by atoms with van der Waals surface area (Å²) in [6, 6.07) is 15.3. The van der Waals surface area contributed by atoms with Crippen LogP contribution in [0.4, 0.5) is 5.69 Å². The zero-order valence-corrected chi connectivity index (χ0v) is 16.1. The van der Waals surface area contributed by atoms with E-state index >= 15 is 0 Å². The number of ether oxygens (including phenoxy) is 1. The zero-order chi connectivity index (χ0) is 19.5. The molecule has 1 saturated heterocycles. The minimum absolute atomic E-state index is 0.0172. The summed E-state index contributed by atoms with van der Waals surface area (Å²) in [6.07, 6.45) is 2.12. The molecule has 2 aromatic rings. The first kappa shape index (κ1) is 18.3. The number of amides is 2. The maximum absolute atomic E-state index is 12.8. The first-order valence-corrected chi connectivity index (χ1v) is 9.73. The smallest absolute Gasteiger partial charge is 0.253 e. The highest BCUT2D eigenvalue weighted by Crippen LogP contribution is 2.22. The molecule has 0 spiro atoms. The summed E-state index contributed by atoms with van der Waals surface area (Å²) in [5.74, 6) is 0.796. The first-order chi connectivity index (χ1) is 13.6. The second-order valence-electron chi connectivity index (χ2n) is 7.30. The molecule has 0 atom stereocenters. The minimum Gasteiger partial charge on any atom is -0.497 e. The topological polar surface area (TPSA) is 61.9 Å². The van der Waals surface area contributed by atoms with Crippen molar-refractivity contribution < 1.29 is 14.3 Å². The Balaban J connectivity index is 1.33. The van der Waals surface area contributed by atoms with Crippen molar-refractivity contribution in [1.82, 2.24) is 10.2 Å². The fourth-order valence-electron chi connectivity index (χ4n) is 3.40. The summed E-state index contributed by atoms with van der Waals surface area (Å²) in [7, 11) is 1.66. The van der Waals surface area contributed by atoms with Gasteiger partial charge >= 0.3 is 0 Å². The van der Waals surface area contributed by atoms with Gasteiger partial charge in [-0.15, -0.1) is 0 Å². The molecule has 1 aliphatic heterocycles. The number of piperazine rings is 1. The molecule has 1 aliphatic carbocycles. The molecule has 1 heterocycles. The molecule has 6 nitrogen and oxygen atoms in total. The number of nitrogens with zero attached hydrogens (tertiary/aromatic N) is 2. The van der Waals surface area contributed by atoms with Crippen molar-refractivity contribution in [2.75, 3.05) is 38.2 Å². The molecule has 146 valence electrons. The average Bonchev–Trinajstić information content (AvgIpc) is 3.57. The van der Waals surface area contributed by atoms with Crippen LogP contribution in [0.3, 0.4) is 0 Å². The van der Waals surface area contributed by atoms with Gasteiger partial charge in [0.25, 0.3) is 11.8 Å². The van der Waals surface area contributed by atoms with E-state index in [1.807, 2.05) is 29.2 Å². The van der Waals surface area contributed by atoms with Crippen LogP contribution < -0.4 is 15.0 Å². The highest BCUT2D eigenvalue weighted by Gasteiger charge is 2.25. The maximum atomic E-state index is 12.8. The Morgan fingerprint density at radius 2 is 1.50 bits per heavy atom. The van der Waals surface area contributed by atoms with E-state index in [0.717, 1.165) is 37.4 Å². The van der Waals surface area contributed by atoms with Gasteiger partial charge in [-0.1, -0.05) is 0 Å². The van der Waals surface area contributed by atoms with Crippen LogP contribution in [0.25, 0.3) is 0 Å². The molecule has 2 amide bonds. The maximum Gasteiger partial charge on any atom is 0.253 e. The summed E-state index contributed by atoms with van der Waals surface area (Å²) < 4.78 is 5.20. The first-order valence-electron chi connectivity index (χ1n) is 9.73. The Hall–Kier alpha value is -3.02. The number of hydrogen-bond donors (Lipinski definition) is 1. The lowest BCUT2D eigenvalue weighted by molar-refractivity contribution is 0.0746. The molecule has 0 aromatic heterocycles. The summed E-state index contributed by atoms with van der Waals surface area (Å²) in [5.41, 5.74) is 2.37. The number of carbonyl (C=O) groups excluding carboxylic acids is 2. The van der Waals surface area contributed by atoms with E-state index in [1.54, 1.807) is 31.4 Å². The van der Waals surface area contributed by atoms with Gasteiger partial charge < -0.3 is 19.9 Å². The van der Waals surface area contributed by atoms with Crippen LogP contribution in [0.2, 0.25) is 0 Å². The minimum atomic E-state index is -0.0606. The largest absolute Gasteiger partial charge is 0.497 e. The standard InChI is InChI=1S/C22H25N3O3/c1-28-20-10-8-19(9-11-20)24-12-14-25(15-13-24)22(27)17-4-2-16(3-5-17)21(26)23-18-6-7-18/h2-5,8-11,18H,6-7,12-15H2,1H3,(H,23,26). The van der Waals surface area contributed by atoms with Gasteiger partial charge in [-0.3, -0.25) is 9.59 Å². The third-order valence-electron chi connectivity index (χ3n) is 5.31. The SMILES string of the molecule is COc1ccc(N2CCN(C(=O)c3ccc(C(=O)NC4CC4)cc3)CC2)cc1. The monoisotopic (exact) mass is 379 g/mol. The Kier molecular flexibility index (Phi) is 5.19. The van der Waals surface area contributed by atoms with Gasteiger partial charge in [-0.25, -0.2) is 0 Å². The van der Waals surface area contributed by atoms with Crippen molar-refractivity contribution in [1.29, 1.82) is 0 Å². The lowest BCUT2D eigenvalue weighted by Crippen LogP contribution is -2.48. The molecule has 0 radical (unpaired) electrons. The van der Waals surface area contributed by atoms with Crippen LogP contribution in [-0.4, -0.2) is 56.0 Å². The van der Waals surface area contributed by atoms with Crippen LogP contribution in [-0.2, 0) is 0 Å². The number of nitrogens with one attached hydrogen (secondary N) is 1. The highest BCUT2D eigenvalue weighted by molar-refractivity contribution is 5.98. The zero-order valence-electron chi connectivity index (χ0n) is 16.1. The summed E-state index contributed by atoms with van der Waals surface area (Å²) in [4.78, 5) is 29.0. The fraction of sp³-hybridized carbons (Fsp3) is 0.364. The van der Waals surface area contributed by atoms with Gasteiger partial charge in [-0.2, -0.15) is 0 Å². The van der Waals surface area contributed by atoms with Gasteiger partial charge in [-0.05, 0) is 61.4 Å². The van der Waals surface area contributed by atoms with E-state index < -0.39 is 0 Å². The normalized spacial score (nSPS) is 16.6. The van der Waals surface area contributed by atoms with E-state index in [4.69, 9.17) is 4.74 Å². The van der Waals surface area contributed by atoms with E-state index in [0.29, 0.717) is 30.3 Å². The van der Waals surface area contributed by atoms with E-state index in [9.17, 15) is 9.59 Å². The van der Waals surface area contributed by atoms with Crippen LogP contribution >= 0.6 is 0 Å². The Labute approximate surface area is 165 Å². The van der Waals surface area contributed by atoms with Crippen molar-refractivity contribution >= 4 is 17.5 Å². The number of hydrogen-bond acceptors (Lipinski definition) is 4. The summed E-state index contributed by atoms with van der Waals surface area (Å²) in [6.45, 7) is 2.93. The van der Waals surface area contributed by atoms with Crippen molar-refractivity contribution in [3.8, 4) is 5.75 Å². The van der Waals surface area contributed by atoms with Gasteiger partial charge in [0.15, 0.2) is 0 Å². The lowest BCUT2D eigenvalue weighted by Gasteiger charge is -2.36. The van der Waals surface area contributed by atoms with Crippen LogP contribution in [0, 0.1) is 0 Å². The molecule has 6 heteroatoms. The molecule has 2 aliphatic rings. The van der Waals surface area contributed by atoms with Crippen molar-refractivity contribution in [2.24, 2.45) is 0 Å². The van der Waals surface area contributed by atoms with E-state index in [2.05, 4.69) is 10.2 Å². The van der Waals surface area contributed by atoms with Gasteiger partial charge in [0.05, 0.1) is 7.11 Å². The lowest BCUT2D eigenvalue weighted by atomic mass is 10.1. The van der Waals surface area contributed by atoms with Gasteiger partial charge in [0.1, 0.15) is 5.75 Å². The molecule has 0 unspecified atom stereocenters. The highest BCUT2D eigenvalue weighted by atomic mass is 16.5. The second-order valence-corrected chi connectivity index (χ2v) is 7.30. The number of benzene rings is 2. The van der Waals surface area contributed by atoms with Gasteiger partial charge in [0.2, 0.25) is 0 Å². The Morgan fingerprint density at radius 1 is 0.893 bits per heavy atom. The van der Waals surface area contributed by atoms with Crippen molar-refractivity contribution in [2.45, 2.75) is 18.9 Å². The summed E-state index contributed by atoms with van der Waals surface area (Å²) in [5, 5.41) is 2.96. The van der Waals surface area contributed by atoms with Crippen LogP contribution in [0.15, 0.2) is 48.5 Å². The molecular weight excluding hydrogens is 354 g/mol. The van der Waals surface area contributed by atoms with E-state index in [1.165, 1.54) is 0 Å². The number of methoxy groups -OCH3 is 1. The summed E-state index contributed by atoms with van der Waals surface area (Å²) >= 11 is 0. The van der Waals surface area contributed by atoms with Crippen LogP contribution in [0.5, 0.6) is 5.75 Å². The Morgan fingerprint density at radius 3 is 2.07 bits per heavy atom. The Bertz CT molecular complexity index is 836. The van der Waals surface area contributed by atoms with E-state index in [-0.39, 0.29) is 11.8 Å². The molecule has 0 bridgehead atoms. The fourth-order valence-corrected chi connectivity index (χ4v) is 3.40. The predicted octanol–water partition coefficient (Wildman–Crippen LogP) is 2.55. The molecule has 28 heavy (non-hydrogen) atoms. The predicted molar refractivity (Wildman–Crippen MR) is 108 cm³/mol. The quantitative estimate of drug-likeness (QED) is 0.867. The van der Waals surface area contributed by atoms with Crippen LogP contribution in [0.1, 0.15) is 33.6 Å². The third-order valence-corrected chi connectivity index (χ3v) is 5.31. The van der Waals surface area contributed by atoms with Crippen molar-refractivity contribution in [3.05, 3.63) is 59.7 Å². The third kappa shape index (κ3) is 4.11. The number of anilines is 1. The molecular formula is C22H25N3O3. The van der Waals surface area contributed by atoms with Gasteiger partial charge in [0, 0.05) is 49.0 Å². The second kappa shape index (κ2) is 7.92. The molecule has 1 saturated carbocycles.